The highest BCUT2D eigenvalue weighted by Gasteiger charge is 2.41. The van der Waals surface area contributed by atoms with Crippen molar-refractivity contribution in [3.05, 3.63) is 59.7 Å². The Morgan fingerprint density at radius 2 is 1.90 bits per heavy atom. The summed E-state index contributed by atoms with van der Waals surface area (Å²) in [5.74, 6) is -2.18. The molecule has 1 saturated heterocycles. The number of Topliss-reactive ketones (excluding diaryl/α,β-unsaturated/α-hetero) is 1. The molecule has 0 unspecified atom stereocenters. The maximum atomic E-state index is 13.1. The van der Waals surface area contributed by atoms with E-state index in [1.165, 1.54) is 18.2 Å². The normalized spacial score (nSPS) is 19.1. The van der Waals surface area contributed by atoms with Crippen LogP contribution in [0.2, 0.25) is 0 Å². The molecule has 0 radical (unpaired) electrons. The van der Waals surface area contributed by atoms with E-state index in [-0.39, 0.29) is 29.3 Å². The van der Waals surface area contributed by atoms with E-state index < -0.39 is 33.7 Å². The number of hydrogen-bond donors (Lipinski definition) is 1. The first-order valence-corrected chi connectivity index (χ1v) is 10.5. The van der Waals surface area contributed by atoms with Crippen molar-refractivity contribution in [2.24, 2.45) is 0 Å². The van der Waals surface area contributed by atoms with E-state index in [1.807, 2.05) is 30.3 Å². The van der Waals surface area contributed by atoms with Crippen LogP contribution in [0.3, 0.4) is 0 Å². The summed E-state index contributed by atoms with van der Waals surface area (Å²) in [6.07, 6.45) is 0.880. The Morgan fingerprint density at radius 1 is 1.14 bits per heavy atom. The van der Waals surface area contributed by atoms with Crippen molar-refractivity contribution in [2.75, 3.05) is 11.9 Å². The lowest BCUT2D eigenvalue weighted by molar-refractivity contribution is -0.148. The standard InChI is InChI=1S/C20H18N2O6S/c23-18-15-11-14(8-9-16(15)21-19(18)24)29(26,27)22-10-4-7-17(22)20(25)28-12-13-5-2-1-3-6-13/h1-3,5-6,8-9,11,17H,4,7,10,12H2,(H,21,23,24)/t17-/m0/s1. The molecule has 150 valence electrons. The van der Waals surface area contributed by atoms with Crippen molar-refractivity contribution in [3.8, 4) is 0 Å². The Hall–Kier alpha value is -3.04. The number of benzene rings is 2. The number of rotatable bonds is 5. The number of ketones is 1. The topological polar surface area (TPSA) is 110 Å². The molecule has 9 heteroatoms. The zero-order valence-corrected chi connectivity index (χ0v) is 16.1. The maximum Gasteiger partial charge on any atom is 0.324 e. The second-order valence-electron chi connectivity index (χ2n) is 6.86. The Kier molecular flexibility index (Phi) is 4.93. The van der Waals surface area contributed by atoms with E-state index in [9.17, 15) is 22.8 Å². The predicted octanol–water partition coefficient (Wildman–Crippen LogP) is 1.72. The molecule has 0 aromatic heterocycles. The van der Waals surface area contributed by atoms with Crippen LogP contribution in [-0.4, -0.2) is 43.0 Å². The molecule has 2 aromatic rings. The minimum Gasteiger partial charge on any atom is -0.460 e. The average molecular weight is 414 g/mol. The summed E-state index contributed by atoms with van der Waals surface area (Å²) < 4.78 is 32.7. The van der Waals surface area contributed by atoms with Gasteiger partial charge in [-0.1, -0.05) is 30.3 Å². The number of fused-ring (bicyclic) bond motifs is 1. The largest absolute Gasteiger partial charge is 0.460 e. The van der Waals surface area contributed by atoms with Crippen molar-refractivity contribution in [1.82, 2.24) is 4.31 Å². The zero-order chi connectivity index (χ0) is 20.6. The van der Waals surface area contributed by atoms with Gasteiger partial charge in [0.2, 0.25) is 10.0 Å². The molecule has 2 aliphatic rings. The van der Waals surface area contributed by atoms with Gasteiger partial charge in [-0.15, -0.1) is 0 Å². The second kappa shape index (κ2) is 7.41. The van der Waals surface area contributed by atoms with Crippen molar-refractivity contribution in [2.45, 2.75) is 30.4 Å². The summed E-state index contributed by atoms with van der Waals surface area (Å²) in [5.41, 5.74) is 1.10. The Balaban J connectivity index is 1.54. The second-order valence-corrected chi connectivity index (χ2v) is 8.75. The SMILES string of the molecule is O=C1Nc2ccc(S(=O)(=O)N3CCC[C@H]3C(=O)OCc3ccccc3)cc2C1=O. The first kappa shape index (κ1) is 19.3. The van der Waals surface area contributed by atoms with Gasteiger partial charge in [0.1, 0.15) is 12.6 Å². The Bertz CT molecular complexity index is 1100. The predicted molar refractivity (Wildman–Crippen MR) is 103 cm³/mol. The first-order chi connectivity index (χ1) is 13.9. The monoisotopic (exact) mass is 414 g/mol. The lowest BCUT2D eigenvalue weighted by atomic mass is 10.1. The molecule has 2 aromatic carbocycles. The van der Waals surface area contributed by atoms with Gasteiger partial charge in [0.15, 0.2) is 0 Å². The van der Waals surface area contributed by atoms with Crippen LogP contribution in [0.15, 0.2) is 53.4 Å². The number of hydrogen-bond acceptors (Lipinski definition) is 6. The summed E-state index contributed by atoms with van der Waals surface area (Å²) in [4.78, 5) is 35.8. The minimum atomic E-state index is -4.04. The molecule has 2 heterocycles. The van der Waals surface area contributed by atoms with E-state index in [1.54, 1.807) is 0 Å². The van der Waals surface area contributed by atoms with Crippen LogP contribution in [0.5, 0.6) is 0 Å². The van der Waals surface area contributed by atoms with Crippen molar-refractivity contribution >= 4 is 33.4 Å². The molecule has 0 bridgehead atoms. The van der Waals surface area contributed by atoms with Gasteiger partial charge in [0.25, 0.3) is 11.7 Å². The van der Waals surface area contributed by atoms with Gasteiger partial charge in [-0.2, -0.15) is 4.31 Å². The van der Waals surface area contributed by atoms with Crippen LogP contribution in [-0.2, 0) is 31.0 Å². The fourth-order valence-electron chi connectivity index (χ4n) is 3.51. The average Bonchev–Trinajstić information content (AvgIpc) is 3.33. The number of anilines is 1. The highest BCUT2D eigenvalue weighted by molar-refractivity contribution is 7.89. The van der Waals surface area contributed by atoms with Crippen molar-refractivity contribution < 1.29 is 27.5 Å². The molecule has 0 aliphatic carbocycles. The number of ether oxygens (including phenoxy) is 1. The van der Waals surface area contributed by atoms with Crippen LogP contribution in [0, 0.1) is 0 Å². The molecule has 1 N–H and O–H groups in total. The third-order valence-electron chi connectivity index (χ3n) is 5.00. The molecule has 4 rings (SSSR count). The quantitative estimate of drug-likeness (QED) is 0.589. The summed E-state index contributed by atoms with van der Waals surface area (Å²) in [5, 5.41) is 2.38. The van der Waals surface area contributed by atoms with Crippen LogP contribution in [0.1, 0.15) is 28.8 Å². The van der Waals surface area contributed by atoms with Crippen molar-refractivity contribution in [1.29, 1.82) is 0 Å². The number of carbonyl (C=O) groups excluding carboxylic acids is 3. The molecule has 0 spiro atoms. The highest BCUT2D eigenvalue weighted by atomic mass is 32.2. The molecule has 8 nitrogen and oxygen atoms in total. The molecule has 0 saturated carbocycles. The van der Waals surface area contributed by atoms with Gasteiger partial charge in [-0.05, 0) is 36.6 Å². The van der Waals surface area contributed by atoms with Gasteiger partial charge >= 0.3 is 5.97 Å². The van der Waals surface area contributed by atoms with Crippen LogP contribution < -0.4 is 5.32 Å². The van der Waals surface area contributed by atoms with E-state index in [0.29, 0.717) is 12.8 Å². The molecule has 29 heavy (non-hydrogen) atoms. The van der Waals surface area contributed by atoms with Crippen LogP contribution in [0.4, 0.5) is 5.69 Å². The molecule has 1 fully saturated rings. The van der Waals surface area contributed by atoms with E-state index in [0.717, 1.165) is 9.87 Å². The van der Waals surface area contributed by atoms with Gasteiger partial charge in [0.05, 0.1) is 16.1 Å². The fraction of sp³-hybridized carbons (Fsp3) is 0.250. The fourth-order valence-corrected chi connectivity index (χ4v) is 5.18. The third kappa shape index (κ3) is 3.54. The summed E-state index contributed by atoms with van der Waals surface area (Å²) >= 11 is 0. The number of sulfonamides is 1. The van der Waals surface area contributed by atoms with Gasteiger partial charge < -0.3 is 10.1 Å². The molecular weight excluding hydrogens is 396 g/mol. The number of nitrogens with zero attached hydrogens (tertiary/aromatic N) is 1. The molecule has 2 aliphatic heterocycles. The third-order valence-corrected chi connectivity index (χ3v) is 6.90. The highest BCUT2D eigenvalue weighted by Crippen LogP contribution is 2.31. The molecular formula is C20H18N2O6S. The smallest absolute Gasteiger partial charge is 0.324 e. The Labute approximate surface area is 167 Å². The lowest BCUT2D eigenvalue weighted by Crippen LogP contribution is -2.41. The zero-order valence-electron chi connectivity index (χ0n) is 15.3. The van der Waals surface area contributed by atoms with Gasteiger partial charge in [0, 0.05) is 6.54 Å². The van der Waals surface area contributed by atoms with Crippen LogP contribution >= 0.6 is 0 Å². The lowest BCUT2D eigenvalue weighted by Gasteiger charge is -2.23. The first-order valence-electron chi connectivity index (χ1n) is 9.10. The molecule has 1 atom stereocenters. The maximum absolute atomic E-state index is 13.1. The summed E-state index contributed by atoms with van der Waals surface area (Å²) in [7, 11) is -4.04. The van der Waals surface area contributed by atoms with E-state index in [2.05, 4.69) is 5.32 Å². The summed E-state index contributed by atoms with van der Waals surface area (Å²) in [6, 6.07) is 12.1. The van der Waals surface area contributed by atoms with Crippen LogP contribution in [0.25, 0.3) is 0 Å². The minimum absolute atomic E-state index is 0.0125. The number of amides is 1. The Morgan fingerprint density at radius 3 is 2.66 bits per heavy atom. The van der Waals surface area contributed by atoms with E-state index in [4.69, 9.17) is 4.74 Å². The van der Waals surface area contributed by atoms with Gasteiger partial charge in [-0.3, -0.25) is 14.4 Å². The van der Waals surface area contributed by atoms with Gasteiger partial charge in [-0.25, -0.2) is 8.42 Å². The number of nitrogens with one attached hydrogen (secondary N) is 1. The molecule has 1 amide bonds. The van der Waals surface area contributed by atoms with E-state index >= 15 is 0 Å². The number of esters is 1. The number of carbonyl (C=O) groups is 3. The summed E-state index contributed by atoms with van der Waals surface area (Å²) in [6.45, 7) is 0.237. The van der Waals surface area contributed by atoms with Crippen molar-refractivity contribution in [3.63, 3.8) is 0 Å².